The number of hydrogen-bond donors (Lipinski definition) is 1. The number of allylic oxidation sites excluding steroid dienone is 1. The second kappa shape index (κ2) is 8.02. The zero-order valence-corrected chi connectivity index (χ0v) is 15.4. The second-order valence-electron chi connectivity index (χ2n) is 5.38. The lowest BCUT2D eigenvalue weighted by Gasteiger charge is -2.10. The van der Waals surface area contributed by atoms with Crippen molar-refractivity contribution >= 4 is 22.6 Å². The van der Waals surface area contributed by atoms with Crippen molar-refractivity contribution in [1.82, 2.24) is 14.1 Å². The van der Waals surface area contributed by atoms with Crippen LogP contribution in [-0.4, -0.2) is 38.9 Å². The average Bonchev–Trinajstić information content (AvgIpc) is 2.80. The van der Waals surface area contributed by atoms with Crippen LogP contribution in [0.15, 0.2) is 41.1 Å². The summed E-state index contributed by atoms with van der Waals surface area (Å²) < 4.78 is 29.0. The van der Waals surface area contributed by atoms with E-state index in [4.69, 9.17) is 17.3 Å². The molecule has 2 aromatic rings. The van der Waals surface area contributed by atoms with E-state index in [1.54, 1.807) is 24.5 Å². The Morgan fingerprint density at radius 3 is 2.83 bits per heavy atom. The molecule has 1 aromatic heterocycles. The van der Waals surface area contributed by atoms with Crippen LogP contribution in [0.4, 0.5) is 4.39 Å². The van der Waals surface area contributed by atoms with E-state index in [2.05, 4.69) is 5.10 Å². The number of rotatable bonds is 6. The summed E-state index contributed by atoms with van der Waals surface area (Å²) in [6.07, 6.45) is 1.30. The Balaban J connectivity index is 2.43. The van der Waals surface area contributed by atoms with Crippen molar-refractivity contribution < 1.29 is 8.60 Å². The van der Waals surface area contributed by atoms with Gasteiger partial charge in [0.2, 0.25) is 0 Å². The Morgan fingerprint density at radius 2 is 2.21 bits per heavy atom. The van der Waals surface area contributed by atoms with Gasteiger partial charge in [-0.2, -0.15) is 5.10 Å². The zero-order valence-electron chi connectivity index (χ0n) is 13.8. The highest BCUT2D eigenvalue weighted by Gasteiger charge is 2.17. The summed E-state index contributed by atoms with van der Waals surface area (Å²) >= 11 is 6.25. The maximum absolute atomic E-state index is 13.7. The van der Waals surface area contributed by atoms with E-state index in [0.717, 1.165) is 11.3 Å². The molecule has 0 bridgehead atoms. The van der Waals surface area contributed by atoms with Gasteiger partial charge in [-0.15, -0.1) is 0 Å². The zero-order chi connectivity index (χ0) is 17.9. The first kappa shape index (κ1) is 18.8. The Morgan fingerprint density at radius 1 is 1.50 bits per heavy atom. The summed E-state index contributed by atoms with van der Waals surface area (Å²) in [5, 5.41) is 4.47. The van der Waals surface area contributed by atoms with Gasteiger partial charge in [-0.1, -0.05) is 23.7 Å². The molecule has 1 aromatic carbocycles. The molecule has 2 N–H and O–H groups in total. The highest BCUT2D eigenvalue weighted by atomic mass is 35.5. The van der Waals surface area contributed by atoms with Crippen molar-refractivity contribution in [2.24, 2.45) is 5.73 Å². The molecule has 0 spiro atoms. The SMILES string of the molecule is Cc1c(-c2cccc(S(=O)N(C)C)c2)c(Cl)nn1C/C(F)=C/CN. The fourth-order valence-electron chi connectivity index (χ4n) is 2.30. The minimum atomic E-state index is -1.26. The van der Waals surface area contributed by atoms with E-state index < -0.39 is 11.0 Å². The standard InChI is InChI=1S/C16H20ClFN4OS/c1-11-15(16(17)20-22(11)10-13(18)7-8-19)12-5-4-6-14(9-12)24(23)21(2)3/h4-7,9H,8,10,19H2,1-3H3/b13-7-. The highest BCUT2D eigenvalue weighted by Crippen LogP contribution is 2.32. The molecule has 1 unspecified atom stereocenters. The number of hydrogen-bond acceptors (Lipinski definition) is 3. The highest BCUT2D eigenvalue weighted by molar-refractivity contribution is 7.82. The van der Waals surface area contributed by atoms with Crippen LogP contribution in [0.5, 0.6) is 0 Å². The Kier molecular flexibility index (Phi) is 6.28. The molecule has 0 amide bonds. The fourth-order valence-corrected chi connectivity index (χ4v) is 3.48. The minimum Gasteiger partial charge on any atom is -0.327 e. The fraction of sp³-hybridized carbons (Fsp3) is 0.312. The van der Waals surface area contributed by atoms with E-state index >= 15 is 0 Å². The first-order chi connectivity index (χ1) is 11.3. The number of aromatic nitrogens is 2. The maximum Gasteiger partial charge on any atom is 0.159 e. The molecule has 0 aliphatic rings. The van der Waals surface area contributed by atoms with Crippen molar-refractivity contribution in [2.75, 3.05) is 20.6 Å². The molecule has 0 fully saturated rings. The summed E-state index contributed by atoms with van der Waals surface area (Å²) in [5.41, 5.74) is 7.54. The van der Waals surface area contributed by atoms with Gasteiger partial charge in [0.05, 0.1) is 11.4 Å². The summed E-state index contributed by atoms with van der Waals surface area (Å²) in [5.74, 6) is -0.367. The van der Waals surface area contributed by atoms with E-state index in [-0.39, 0.29) is 24.1 Å². The van der Waals surface area contributed by atoms with E-state index in [1.165, 1.54) is 10.8 Å². The molecule has 1 atom stereocenters. The summed E-state index contributed by atoms with van der Waals surface area (Å²) in [6.45, 7) is 1.93. The lowest BCUT2D eigenvalue weighted by Crippen LogP contribution is -2.15. The van der Waals surface area contributed by atoms with Crippen molar-refractivity contribution in [2.45, 2.75) is 18.4 Å². The molecule has 0 aliphatic carbocycles. The quantitative estimate of drug-likeness (QED) is 0.850. The first-order valence-corrected chi connectivity index (χ1v) is 8.80. The molecule has 8 heteroatoms. The van der Waals surface area contributed by atoms with Gasteiger partial charge in [0, 0.05) is 17.8 Å². The molecule has 0 saturated heterocycles. The summed E-state index contributed by atoms with van der Waals surface area (Å²) in [7, 11) is 2.23. The normalized spacial score (nSPS) is 13.5. The monoisotopic (exact) mass is 370 g/mol. The van der Waals surface area contributed by atoms with Crippen molar-refractivity contribution in [3.05, 3.63) is 47.0 Å². The molecule has 5 nitrogen and oxygen atoms in total. The van der Waals surface area contributed by atoms with Crippen LogP contribution in [0, 0.1) is 6.92 Å². The van der Waals surface area contributed by atoms with Crippen LogP contribution in [-0.2, 0) is 17.5 Å². The third-order valence-electron chi connectivity index (χ3n) is 3.46. The predicted octanol–water partition coefficient (Wildman–Crippen LogP) is 2.91. The van der Waals surface area contributed by atoms with Crippen molar-refractivity contribution in [3.8, 4) is 11.1 Å². The van der Waals surface area contributed by atoms with E-state index in [1.807, 2.05) is 25.1 Å². The van der Waals surface area contributed by atoms with E-state index in [9.17, 15) is 8.60 Å². The number of halogens is 2. The molecular weight excluding hydrogens is 351 g/mol. The Labute approximate surface area is 148 Å². The third-order valence-corrected chi connectivity index (χ3v) is 5.04. The molecule has 0 radical (unpaired) electrons. The summed E-state index contributed by atoms with van der Waals surface area (Å²) in [4.78, 5) is 0.662. The molecular formula is C16H20ClFN4OS. The summed E-state index contributed by atoms with van der Waals surface area (Å²) in [6, 6.07) is 7.27. The Hall–Kier alpha value is -1.54. The topological polar surface area (TPSA) is 64.2 Å². The van der Waals surface area contributed by atoms with Gasteiger partial charge in [-0.3, -0.25) is 4.68 Å². The van der Waals surface area contributed by atoms with Crippen LogP contribution < -0.4 is 5.73 Å². The van der Waals surface area contributed by atoms with Gasteiger partial charge < -0.3 is 5.73 Å². The van der Waals surface area contributed by atoms with Gasteiger partial charge in [0.15, 0.2) is 5.15 Å². The van der Waals surface area contributed by atoms with Gasteiger partial charge >= 0.3 is 0 Å². The van der Waals surface area contributed by atoms with Crippen LogP contribution in [0.1, 0.15) is 5.69 Å². The predicted molar refractivity (Wildman–Crippen MR) is 95.8 cm³/mol. The molecule has 24 heavy (non-hydrogen) atoms. The average molecular weight is 371 g/mol. The van der Waals surface area contributed by atoms with Gasteiger partial charge in [-0.05, 0) is 44.8 Å². The smallest absolute Gasteiger partial charge is 0.159 e. The molecule has 1 heterocycles. The molecule has 0 aliphatic heterocycles. The van der Waals surface area contributed by atoms with Crippen molar-refractivity contribution in [3.63, 3.8) is 0 Å². The van der Waals surface area contributed by atoms with Crippen LogP contribution in [0.25, 0.3) is 11.1 Å². The van der Waals surface area contributed by atoms with Crippen LogP contribution in [0.3, 0.4) is 0 Å². The molecule has 0 saturated carbocycles. The maximum atomic E-state index is 13.7. The number of benzene rings is 1. The first-order valence-electron chi connectivity index (χ1n) is 7.32. The molecule has 2 rings (SSSR count). The van der Waals surface area contributed by atoms with Crippen LogP contribution in [0.2, 0.25) is 5.15 Å². The van der Waals surface area contributed by atoms with E-state index in [0.29, 0.717) is 10.5 Å². The Bertz CT molecular complexity index is 788. The van der Waals surface area contributed by atoms with Gasteiger partial charge in [-0.25, -0.2) is 12.9 Å². The lowest BCUT2D eigenvalue weighted by molar-refractivity contribution is 0.519. The molecule has 130 valence electrons. The third kappa shape index (κ3) is 4.10. The number of nitrogens with two attached hydrogens (primary N) is 1. The van der Waals surface area contributed by atoms with Crippen LogP contribution >= 0.6 is 11.6 Å². The van der Waals surface area contributed by atoms with Gasteiger partial charge in [0.1, 0.15) is 16.8 Å². The minimum absolute atomic E-state index is 0.0218. The largest absolute Gasteiger partial charge is 0.327 e. The lowest BCUT2D eigenvalue weighted by atomic mass is 10.1. The van der Waals surface area contributed by atoms with Crippen molar-refractivity contribution in [1.29, 1.82) is 0 Å². The number of nitrogens with zero attached hydrogens (tertiary/aromatic N) is 3. The van der Waals surface area contributed by atoms with Gasteiger partial charge in [0.25, 0.3) is 0 Å². The second-order valence-corrected chi connectivity index (χ2v) is 7.44.